The first kappa shape index (κ1) is 33.4. The van der Waals surface area contributed by atoms with E-state index >= 15 is 0 Å². The first-order valence-electron chi connectivity index (χ1n) is 13.4. The van der Waals surface area contributed by atoms with Crippen LogP contribution in [0.5, 0.6) is 0 Å². The molecular formula is C26H49NO7S. The van der Waals surface area contributed by atoms with Crippen molar-refractivity contribution < 1.29 is 32.6 Å². The molecule has 0 radical (unpaired) electrons. The third-order valence-corrected chi connectivity index (χ3v) is 6.89. The second-order valence-electron chi connectivity index (χ2n) is 10.4. The maximum absolute atomic E-state index is 11.7. The van der Waals surface area contributed by atoms with E-state index in [9.17, 15) is 22.8 Å². The van der Waals surface area contributed by atoms with Gasteiger partial charge in [-0.05, 0) is 40.0 Å². The van der Waals surface area contributed by atoms with Crippen LogP contribution in [0.3, 0.4) is 0 Å². The van der Waals surface area contributed by atoms with Gasteiger partial charge in [-0.2, -0.15) is 0 Å². The van der Waals surface area contributed by atoms with Crippen molar-refractivity contribution in [3.05, 3.63) is 0 Å². The Bertz CT molecular complexity index is 699. The molecule has 8 nitrogen and oxygen atoms in total. The highest BCUT2D eigenvalue weighted by Gasteiger charge is 2.16. The number of rotatable bonds is 22. The van der Waals surface area contributed by atoms with Crippen molar-refractivity contribution in [1.82, 2.24) is 4.72 Å². The van der Waals surface area contributed by atoms with Gasteiger partial charge in [0.1, 0.15) is 5.60 Å². The maximum atomic E-state index is 11.7. The predicted octanol–water partition coefficient (Wildman–Crippen LogP) is 5.88. The van der Waals surface area contributed by atoms with Gasteiger partial charge in [0.25, 0.3) is 0 Å². The number of amides is 1. The first-order chi connectivity index (χ1) is 16.4. The molecular weight excluding hydrogens is 470 g/mol. The summed E-state index contributed by atoms with van der Waals surface area (Å²) in [6.07, 6.45) is 16.1. The van der Waals surface area contributed by atoms with Crippen molar-refractivity contribution >= 4 is 27.9 Å². The summed E-state index contributed by atoms with van der Waals surface area (Å²) in [4.78, 5) is 33.8. The molecule has 35 heavy (non-hydrogen) atoms. The van der Waals surface area contributed by atoms with E-state index in [0.717, 1.165) is 32.1 Å². The largest absolute Gasteiger partial charge is 0.481 e. The molecule has 0 aliphatic rings. The fourth-order valence-electron chi connectivity index (χ4n) is 3.76. The van der Waals surface area contributed by atoms with Gasteiger partial charge in [0.2, 0.25) is 15.9 Å². The van der Waals surface area contributed by atoms with Gasteiger partial charge in [0.05, 0.1) is 5.75 Å². The Labute approximate surface area is 213 Å². The van der Waals surface area contributed by atoms with Crippen molar-refractivity contribution in [2.24, 2.45) is 0 Å². The molecule has 9 heteroatoms. The minimum Gasteiger partial charge on any atom is -0.481 e. The smallest absolute Gasteiger partial charge is 0.306 e. The zero-order valence-electron chi connectivity index (χ0n) is 22.2. The average molecular weight is 520 g/mol. The number of carboxylic acid groups (broad SMARTS) is 1. The van der Waals surface area contributed by atoms with Crippen molar-refractivity contribution in [1.29, 1.82) is 0 Å². The number of ether oxygens (including phenoxy) is 1. The van der Waals surface area contributed by atoms with E-state index in [1.807, 2.05) is 25.5 Å². The van der Waals surface area contributed by atoms with Crippen molar-refractivity contribution in [2.75, 3.05) is 5.75 Å². The van der Waals surface area contributed by atoms with E-state index in [2.05, 4.69) is 0 Å². The van der Waals surface area contributed by atoms with Gasteiger partial charge >= 0.3 is 11.9 Å². The molecule has 0 aromatic rings. The van der Waals surface area contributed by atoms with Crippen LogP contribution in [0.15, 0.2) is 0 Å². The lowest BCUT2D eigenvalue weighted by molar-refractivity contribution is -0.155. The van der Waals surface area contributed by atoms with E-state index in [1.54, 1.807) is 0 Å². The molecule has 0 heterocycles. The number of aliphatic carboxylic acids is 1. The molecule has 0 aromatic heterocycles. The molecule has 0 spiro atoms. The molecule has 1 amide bonds. The van der Waals surface area contributed by atoms with Gasteiger partial charge < -0.3 is 9.84 Å². The van der Waals surface area contributed by atoms with Gasteiger partial charge in [0.15, 0.2) is 0 Å². The molecule has 0 saturated heterocycles. The number of unbranched alkanes of at least 4 members (excludes halogenated alkanes) is 13. The summed E-state index contributed by atoms with van der Waals surface area (Å²) in [5, 5.41) is 8.54. The van der Waals surface area contributed by atoms with Crippen LogP contribution in [-0.2, 0) is 29.1 Å². The summed E-state index contributed by atoms with van der Waals surface area (Å²) in [6.45, 7) is 5.68. The number of hydrogen-bond donors (Lipinski definition) is 2. The average Bonchev–Trinajstić information content (AvgIpc) is 2.71. The predicted molar refractivity (Wildman–Crippen MR) is 139 cm³/mol. The Balaban J connectivity index is 3.42. The number of esters is 1. The van der Waals surface area contributed by atoms with Crippen LogP contribution >= 0.6 is 0 Å². The van der Waals surface area contributed by atoms with Crippen LogP contribution in [0.4, 0.5) is 0 Å². The highest BCUT2D eigenvalue weighted by molar-refractivity contribution is 7.90. The number of hydrogen-bond acceptors (Lipinski definition) is 6. The molecule has 0 aliphatic heterocycles. The molecule has 0 aliphatic carbocycles. The molecule has 2 N–H and O–H groups in total. The van der Waals surface area contributed by atoms with E-state index in [4.69, 9.17) is 9.84 Å². The Kier molecular flexibility index (Phi) is 18.6. The zero-order chi connectivity index (χ0) is 26.6. The maximum Gasteiger partial charge on any atom is 0.306 e. The van der Waals surface area contributed by atoms with Crippen molar-refractivity contribution in [3.63, 3.8) is 0 Å². The van der Waals surface area contributed by atoms with Gasteiger partial charge in [-0.15, -0.1) is 0 Å². The van der Waals surface area contributed by atoms with Crippen molar-refractivity contribution in [2.45, 2.75) is 142 Å². The normalized spacial score (nSPS) is 11.9. The highest BCUT2D eigenvalue weighted by Crippen LogP contribution is 2.15. The Hall–Kier alpha value is -1.64. The van der Waals surface area contributed by atoms with E-state index in [1.165, 1.54) is 51.4 Å². The third-order valence-electron chi connectivity index (χ3n) is 5.53. The van der Waals surface area contributed by atoms with E-state index in [-0.39, 0.29) is 31.0 Å². The summed E-state index contributed by atoms with van der Waals surface area (Å²) in [5.74, 6) is -2.00. The molecule has 206 valence electrons. The molecule has 0 rings (SSSR count). The zero-order valence-corrected chi connectivity index (χ0v) is 23.1. The monoisotopic (exact) mass is 519 g/mol. The molecule has 0 fully saturated rings. The van der Waals surface area contributed by atoms with Gasteiger partial charge in [-0.25, -0.2) is 8.42 Å². The lowest BCUT2D eigenvalue weighted by Crippen LogP contribution is -2.32. The summed E-state index contributed by atoms with van der Waals surface area (Å²) >= 11 is 0. The number of carboxylic acids is 1. The first-order valence-corrected chi connectivity index (χ1v) is 15.0. The number of nitrogens with one attached hydrogen (secondary N) is 1. The molecule has 0 aromatic carbocycles. The Morgan fingerprint density at radius 3 is 1.46 bits per heavy atom. The minimum atomic E-state index is -3.74. The number of carbonyl (C=O) groups excluding carboxylic acids is 2. The minimum absolute atomic E-state index is 0.00464. The second-order valence-corrected chi connectivity index (χ2v) is 12.2. The molecule has 0 unspecified atom stereocenters. The topological polar surface area (TPSA) is 127 Å². The van der Waals surface area contributed by atoms with Crippen LogP contribution in [-0.4, -0.2) is 42.7 Å². The van der Waals surface area contributed by atoms with Gasteiger partial charge in [-0.3, -0.25) is 19.1 Å². The Morgan fingerprint density at radius 2 is 1.06 bits per heavy atom. The van der Waals surface area contributed by atoms with Crippen LogP contribution in [0.2, 0.25) is 0 Å². The van der Waals surface area contributed by atoms with Gasteiger partial charge in [0, 0.05) is 19.3 Å². The number of carbonyl (C=O) groups is 3. The van der Waals surface area contributed by atoms with Crippen LogP contribution in [0.25, 0.3) is 0 Å². The molecule has 0 saturated carbocycles. The summed E-state index contributed by atoms with van der Waals surface area (Å²) in [5.41, 5.74) is -0.393. The standard InChI is InChI=1S/C26H49NO7S/c1-26(2,3)34-25(31)21-17-15-13-11-9-7-5-4-6-8-10-12-14-16-19-23(28)27-35(32,33)22-18-20-24(29)30/h4-22H2,1-3H3,(H,27,28)(H,29,30). The fourth-order valence-corrected chi connectivity index (χ4v) is 4.83. The SMILES string of the molecule is CC(C)(C)OC(=O)CCCCCCCCCCCCCCCCC(=O)NS(=O)(=O)CCCC(=O)O. The summed E-state index contributed by atoms with van der Waals surface area (Å²) < 4.78 is 30.7. The lowest BCUT2D eigenvalue weighted by Gasteiger charge is -2.19. The van der Waals surface area contributed by atoms with E-state index < -0.39 is 27.5 Å². The van der Waals surface area contributed by atoms with E-state index in [0.29, 0.717) is 12.8 Å². The Morgan fingerprint density at radius 1 is 0.657 bits per heavy atom. The van der Waals surface area contributed by atoms with Crippen molar-refractivity contribution in [3.8, 4) is 0 Å². The van der Waals surface area contributed by atoms with Crippen LogP contribution in [0, 0.1) is 0 Å². The van der Waals surface area contributed by atoms with Gasteiger partial charge in [-0.1, -0.05) is 77.0 Å². The fraction of sp³-hybridized carbons (Fsp3) is 0.885. The van der Waals surface area contributed by atoms with Crippen LogP contribution < -0.4 is 4.72 Å². The van der Waals surface area contributed by atoms with Crippen LogP contribution in [0.1, 0.15) is 136 Å². The third kappa shape index (κ3) is 25.3. The summed E-state index contributed by atoms with van der Waals surface area (Å²) in [6, 6.07) is 0. The summed E-state index contributed by atoms with van der Waals surface area (Å²) in [7, 11) is -3.74. The quantitative estimate of drug-likeness (QED) is 0.135. The molecule has 0 bridgehead atoms. The highest BCUT2D eigenvalue weighted by atomic mass is 32.2. The lowest BCUT2D eigenvalue weighted by atomic mass is 10.0. The molecule has 0 atom stereocenters. The number of sulfonamides is 1. The second kappa shape index (κ2) is 19.5.